The molecular weight excluding hydrogens is 354 g/mol. The van der Waals surface area contributed by atoms with Gasteiger partial charge in [0, 0.05) is 4.88 Å². The Morgan fingerprint density at radius 2 is 2.24 bits per heavy atom. The Bertz CT molecular complexity index is 775. The maximum Gasteiger partial charge on any atom is 0.234 e. The summed E-state index contributed by atoms with van der Waals surface area (Å²) in [5.41, 5.74) is -0.889. The van der Waals surface area contributed by atoms with Gasteiger partial charge in [-0.05, 0) is 43.4 Å². The molecule has 1 amide bonds. The predicted molar refractivity (Wildman–Crippen MR) is 102 cm³/mol. The molecule has 25 heavy (non-hydrogen) atoms. The van der Waals surface area contributed by atoms with E-state index in [1.807, 2.05) is 43.5 Å². The van der Waals surface area contributed by atoms with Gasteiger partial charge < -0.3 is 5.32 Å². The third kappa shape index (κ3) is 5.18. The molecule has 0 saturated carbocycles. The summed E-state index contributed by atoms with van der Waals surface area (Å²) >= 11 is 2.89. The maximum absolute atomic E-state index is 12.4. The summed E-state index contributed by atoms with van der Waals surface area (Å²) in [4.78, 5) is 17.8. The third-order valence-electron chi connectivity index (χ3n) is 3.85. The first-order valence-electron chi connectivity index (χ1n) is 7.88. The standard InChI is InChI=1S/C17H21N5OS2/c1-11(2)17(4,10-18)20-15(23)12(3)25-16-19-14(21-22-16)8-7-13-6-5-9-24-13/h5-9,11-12H,1-4H3,(H,20,23)(H,19,21,22). The number of hydrogen-bond donors (Lipinski definition) is 2. The van der Waals surface area contributed by atoms with Crippen molar-refractivity contribution in [3.63, 3.8) is 0 Å². The monoisotopic (exact) mass is 375 g/mol. The topological polar surface area (TPSA) is 94.5 Å². The zero-order valence-electron chi connectivity index (χ0n) is 14.6. The van der Waals surface area contributed by atoms with Crippen LogP contribution in [0.25, 0.3) is 12.2 Å². The van der Waals surface area contributed by atoms with Crippen molar-refractivity contribution in [1.29, 1.82) is 5.26 Å². The molecule has 0 aromatic carbocycles. The van der Waals surface area contributed by atoms with E-state index in [1.165, 1.54) is 11.8 Å². The Kier molecular flexibility index (Phi) is 6.39. The number of nitrogens with one attached hydrogen (secondary N) is 2. The van der Waals surface area contributed by atoms with Crippen LogP contribution in [0, 0.1) is 17.2 Å². The predicted octanol–water partition coefficient (Wildman–Crippen LogP) is 3.57. The third-order valence-corrected chi connectivity index (χ3v) is 5.65. The van der Waals surface area contributed by atoms with Gasteiger partial charge in [-0.3, -0.25) is 9.89 Å². The molecule has 0 saturated heterocycles. The summed E-state index contributed by atoms with van der Waals surface area (Å²) < 4.78 is 0. The highest BCUT2D eigenvalue weighted by molar-refractivity contribution is 8.00. The highest BCUT2D eigenvalue weighted by Crippen LogP contribution is 2.22. The largest absolute Gasteiger partial charge is 0.337 e. The molecule has 2 heterocycles. The van der Waals surface area contributed by atoms with Crippen molar-refractivity contribution < 1.29 is 4.79 Å². The van der Waals surface area contributed by atoms with Gasteiger partial charge in [0.1, 0.15) is 11.4 Å². The van der Waals surface area contributed by atoms with E-state index in [4.69, 9.17) is 0 Å². The number of rotatable bonds is 7. The van der Waals surface area contributed by atoms with Crippen LogP contribution in [0.2, 0.25) is 0 Å². The number of thioether (sulfide) groups is 1. The molecule has 2 N–H and O–H groups in total. The molecule has 0 aliphatic carbocycles. The molecular formula is C17H21N5OS2. The van der Waals surface area contributed by atoms with Crippen LogP contribution in [0.3, 0.4) is 0 Å². The smallest absolute Gasteiger partial charge is 0.234 e. The molecule has 6 nitrogen and oxygen atoms in total. The molecule has 2 aromatic rings. The van der Waals surface area contributed by atoms with E-state index in [0.717, 1.165) is 4.88 Å². The Labute approximate surface area is 155 Å². The van der Waals surface area contributed by atoms with Gasteiger partial charge in [-0.2, -0.15) is 5.26 Å². The van der Waals surface area contributed by atoms with Gasteiger partial charge in [-0.25, -0.2) is 4.98 Å². The summed E-state index contributed by atoms with van der Waals surface area (Å²) in [7, 11) is 0. The molecule has 0 bridgehead atoms. The lowest BCUT2D eigenvalue weighted by Gasteiger charge is -2.28. The molecule has 132 valence electrons. The van der Waals surface area contributed by atoms with E-state index < -0.39 is 10.8 Å². The fourth-order valence-corrected chi connectivity index (χ4v) is 3.15. The first kappa shape index (κ1) is 19.2. The fraction of sp³-hybridized carbons (Fsp3) is 0.412. The summed E-state index contributed by atoms with van der Waals surface area (Å²) in [5.74, 6) is 0.437. The summed E-state index contributed by atoms with van der Waals surface area (Å²) in [6.45, 7) is 7.31. The second kappa shape index (κ2) is 8.32. The number of H-pyrrole nitrogens is 1. The Morgan fingerprint density at radius 1 is 1.48 bits per heavy atom. The van der Waals surface area contributed by atoms with Gasteiger partial charge in [-0.1, -0.05) is 31.7 Å². The second-order valence-corrected chi connectivity index (χ2v) is 8.36. The zero-order chi connectivity index (χ0) is 18.4. The van der Waals surface area contributed by atoms with Crippen molar-refractivity contribution >= 4 is 41.2 Å². The summed E-state index contributed by atoms with van der Waals surface area (Å²) in [6, 6.07) is 6.17. The molecule has 2 aromatic heterocycles. The van der Waals surface area contributed by atoms with Crippen molar-refractivity contribution in [2.75, 3.05) is 0 Å². The van der Waals surface area contributed by atoms with Gasteiger partial charge >= 0.3 is 0 Å². The first-order valence-corrected chi connectivity index (χ1v) is 9.64. The second-order valence-electron chi connectivity index (χ2n) is 6.07. The van der Waals surface area contributed by atoms with Crippen molar-refractivity contribution in [2.24, 2.45) is 5.92 Å². The number of hydrogen-bond acceptors (Lipinski definition) is 6. The number of nitrogens with zero attached hydrogens (tertiary/aromatic N) is 3. The van der Waals surface area contributed by atoms with Crippen molar-refractivity contribution in [3.05, 3.63) is 28.2 Å². The zero-order valence-corrected chi connectivity index (χ0v) is 16.2. The van der Waals surface area contributed by atoms with E-state index in [-0.39, 0.29) is 11.8 Å². The lowest BCUT2D eigenvalue weighted by Crippen LogP contribution is -2.51. The molecule has 0 aliphatic heterocycles. The van der Waals surface area contributed by atoms with Gasteiger partial charge in [0.2, 0.25) is 11.1 Å². The summed E-state index contributed by atoms with van der Waals surface area (Å²) in [5, 5.41) is 21.2. The number of aromatic nitrogens is 3. The van der Waals surface area contributed by atoms with Gasteiger partial charge in [0.15, 0.2) is 0 Å². The van der Waals surface area contributed by atoms with Crippen LogP contribution in [0.1, 0.15) is 38.4 Å². The molecule has 0 radical (unpaired) electrons. The lowest BCUT2D eigenvalue weighted by atomic mass is 9.90. The highest BCUT2D eigenvalue weighted by Gasteiger charge is 2.32. The van der Waals surface area contributed by atoms with Crippen molar-refractivity contribution in [1.82, 2.24) is 20.5 Å². The van der Waals surface area contributed by atoms with Crippen LogP contribution >= 0.6 is 23.1 Å². The number of carbonyl (C=O) groups is 1. The molecule has 2 rings (SSSR count). The number of amides is 1. The fourth-order valence-electron chi connectivity index (χ4n) is 1.80. The minimum absolute atomic E-state index is 0.0103. The SMILES string of the molecule is CC(Sc1n[nH]c(C=Cc2cccs2)n1)C(=O)NC(C)(C#N)C(C)C. The van der Waals surface area contributed by atoms with Crippen LogP contribution in [0.4, 0.5) is 0 Å². The number of thiophene rings is 1. The minimum Gasteiger partial charge on any atom is -0.337 e. The average Bonchev–Trinajstić information content (AvgIpc) is 3.24. The normalized spacial score (nSPS) is 15.0. The van der Waals surface area contributed by atoms with Crippen LogP contribution < -0.4 is 5.32 Å². The molecule has 0 spiro atoms. The maximum atomic E-state index is 12.4. The summed E-state index contributed by atoms with van der Waals surface area (Å²) in [6.07, 6.45) is 3.80. The van der Waals surface area contributed by atoms with E-state index in [1.54, 1.807) is 25.2 Å². The molecule has 0 fully saturated rings. The molecule has 0 aliphatic rings. The van der Waals surface area contributed by atoms with Crippen LogP contribution in [-0.4, -0.2) is 31.9 Å². The highest BCUT2D eigenvalue weighted by atomic mass is 32.2. The number of aromatic amines is 1. The van der Waals surface area contributed by atoms with Gasteiger partial charge in [0.25, 0.3) is 0 Å². The minimum atomic E-state index is -0.889. The Balaban J connectivity index is 1.95. The Morgan fingerprint density at radius 3 is 2.84 bits per heavy atom. The van der Waals surface area contributed by atoms with E-state index in [0.29, 0.717) is 11.0 Å². The molecule has 2 atom stereocenters. The quantitative estimate of drug-likeness (QED) is 0.722. The van der Waals surface area contributed by atoms with E-state index >= 15 is 0 Å². The molecule has 2 unspecified atom stereocenters. The van der Waals surface area contributed by atoms with Gasteiger partial charge in [-0.15, -0.1) is 16.4 Å². The Hall–Kier alpha value is -2.11. The van der Waals surface area contributed by atoms with E-state index in [9.17, 15) is 10.1 Å². The van der Waals surface area contributed by atoms with Gasteiger partial charge in [0.05, 0.1) is 11.3 Å². The van der Waals surface area contributed by atoms with Crippen LogP contribution in [0.15, 0.2) is 22.7 Å². The van der Waals surface area contributed by atoms with Crippen molar-refractivity contribution in [2.45, 2.75) is 43.6 Å². The molecule has 8 heteroatoms. The lowest BCUT2D eigenvalue weighted by molar-refractivity contribution is -0.121. The number of nitriles is 1. The van der Waals surface area contributed by atoms with Crippen LogP contribution in [-0.2, 0) is 4.79 Å². The van der Waals surface area contributed by atoms with Crippen LogP contribution in [0.5, 0.6) is 0 Å². The van der Waals surface area contributed by atoms with Crippen molar-refractivity contribution in [3.8, 4) is 6.07 Å². The average molecular weight is 376 g/mol. The van der Waals surface area contributed by atoms with E-state index in [2.05, 4.69) is 26.6 Å². The first-order chi connectivity index (χ1) is 11.8. The number of carbonyl (C=O) groups excluding carboxylic acids is 1.